The van der Waals surface area contributed by atoms with Gasteiger partial charge in [0, 0.05) is 12.8 Å². The summed E-state index contributed by atoms with van der Waals surface area (Å²) in [6, 6.07) is 0. The Morgan fingerprint density at radius 1 is 0.676 bits per heavy atom. The van der Waals surface area contributed by atoms with Crippen LogP contribution in [0, 0.1) is 0 Å². The molecule has 1 unspecified atom stereocenters. The van der Waals surface area contributed by atoms with Crippen molar-refractivity contribution in [3.05, 3.63) is 12.2 Å². The summed E-state index contributed by atoms with van der Waals surface area (Å²) in [6.45, 7) is 4.11. The Labute approximate surface area is 227 Å². The number of esters is 1. The number of unbranched alkanes of at least 4 members (excludes halogenated alkanes) is 14. The Bertz CT molecular complexity index is 590. The number of carboxylic acids is 1. The molecule has 0 radical (unpaired) electrons. The van der Waals surface area contributed by atoms with Gasteiger partial charge in [0.25, 0.3) is 0 Å². The molecule has 0 aliphatic heterocycles. The monoisotopic (exact) mass is 523 g/mol. The Hall–Kier alpha value is -1.85. The minimum Gasteiger partial charge on any atom is -0.480 e. The number of ether oxygens (including phenoxy) is 1. The first kappa shape index (κ1) is 35.2. The summed E-state index contributed by atoms with van der Waals surface area (Å²) in [5, 5.41) is 11.0. The van der Waals surface area contributed by atoms with E-state index >= 15 is 0 Å². The van der Waals surface area contributed by atoms with Crippen LogP contribution in [0.4, 0.5) is 0 Å². The van der Waals surface area contributed by atoms with Gasteiger partial charge in [-0.1, -0.05) is 90.2 Å². The standard InChI is InChI=1S/C31H57NO5/c1-3-5-7-9-10-11-12-13-14-15-16-17-22-26-31(36)37-28(23-19-8-6-4-2)24-20-18-21-25-29(33)32-27-30(34)35/h11-12,28H,3-10,13-27H2,1-2H3,(H,32,33)(H,34,35)/b12-11-. The molecule has 0 aromatic rings. The van der Waals surface area contributed by atoms with Crippen molar-refractivity contribution < 1.29 is 24.2 Å². The number of hydrogen-bond acceptors (Lipinski definition) is 4. The van der Waals surface area contributed by atoms with Gasteiger partial charge in [-0.05, 0) is 64.2 Å². The molecule has 0 spiro atoms. The number of rotatable bonds is 27. The van der Waals surface area contributed by atoms with E-state index in [1.807, 2.05) is 0 Å². The second-order valence-electron chi connectivity index (χ2n) is 10.4. The lowest BCUT2D eigenvalue weighted by Crippen LogP contribution is -2.28. The average Bonchev–Trinajstić information content (AvgIpc) is 2.87. The van der Waals surface area contributed by atoms with Crippen molar-refractivity contribution in [2.24, 2.45) is 0 Å². The summed E-state index contributed by atoms with van der Waals surface area (Å²) < 4.78 is 5.84. The fourth-order valence-corrected chi connectivity index (χ4v) is 4.39. The minimum absolute atomic E-state index is 0.0287. The molecule has 2 N–H and O–H groups in total. The minimum atomic E-state index is -1.03. The van der Waals surface area contributed by atoms with E-state index in [0.29, 0.717) is 12.8 Å². The van der Waals surface area contributed by atoms with Gasteiger partial charge in [-0.2, -0.15) is 0 Å². The molecule has 6 heteroatoms. The van der Waals surface area contributed by atoms with Crippen LogP contribution in [0.3, 0.4) is 0 Å². The zero-order valence-electron chi connectivity index (χ0n) is 24.1. The number of carboxylic acid groups (broad SMARTS) is 1. The average molecular weight is 524 g/mol. The lowest BCUT2D eigenvalue weighted by Gasteiger charge is -2.18. The summed E-state index contributed by atoms with van der Waals surface area (Å²) in [5.41, 5.74) is 0. The first-order valence-electron chi connectivity index (χ1n) is 15.3. The van der Waals surface area contributed by atoms with Crippen LogP contribution in [0.25, 0.3) is 0 Å². The van der Waals surface area contributed by atoms with Crippen molar-refractivity contribution in [3.8, 4) is 0 Å². The topological polar surface area (TPSA) is 92.7 Å². The summed E-state index contributed by atoms with van der Waals surface area (Å²) in [5.74, 6) is -1.32. The van der Waals surface area contributed by atoms with Crippen molar-refractivity contribution in [1.29, 1.82) is 0 Å². The highest BCUT2D eigenvalue weighted by Crippen LogP contribution is 2.17. The second-order valence-corrected chi connectivity index (χ2v) is 10.4. The number of nitrogens with one attached hydrogen (secondary N) is 1. The molecule has 216 valence electrons. The molecule has 1 amide bonds. The number of aliphatic carboxylic acids is 1. The molecule has 0 heterocycles. The zero-order valence-corrected chi connectivity index (χ0v) is 24.1. The zero-order chi connectivity index (χ0) is 27.4. The van der Waals surface area contributed by atoms with Gasteiger partial charge >= 0.3 is 11.9 Å². The van der Waals surface area contributed by atoms with E-state index in [1.54, 1.807) is 0 Å². The first-order valence-corrected chi connectivity index (χ1v) is 15.3. The third kappa shape index (κ3) is 27.0. The normalized spacial score (nSPS) is 12.1. The van der Waals surface area contributed by atoms with Crippen LogP contribution in [0.2, 0.25) is 0 Å². The molecule has 0 aliphatic rings. The molecule has 0 rings (SSSR count). The first-order chi connectivity index (χ1) is 18.0. The molecular formula is C31H57NO5. The molecule has 0 aliphatic carbocycles. The lowest BCUT2D eigenvalue weighted by atomic mass is 10.0. The van der Waals surface area contributed by atoms with Crippen molar-refractivity contribution in [3.63, 3.8) is 0 Å². The van der Waals surface area contributed by atoms with E-state index in [0.717, 1.165) is 51.4 Å². The summed E-state index contributed by atoms with van der Waals surface area (Å²) >= 11 is 0. The Balaban J connectivity index is 3.96. The van der Waals surface area contributed by atoms with Gasteiger partial charge in [0.05, 0.1) is 0 Å². The van der Waals surface area contributed by atoms with Crippen LogP contribution in [0.15, 0.2) is 12.2 Å². The van der Waals surface area contributed by atoms with E-state index in [4.69, 9.17) is 9.84 Å². The van der Waals surface area contributed by atoms with Gasteiger partial charge in [0.15, 0.2) is 0 Å². The highest BCUT2D eigenvalue weighted by Gasteiger charge is 2.14. The maximum absolute atomic E-state index is 12.4. The van der Waals surface area contributed by atoms with Crippen LogP contribution < -0.4 is 5.32 Å². The molecule has 0 saturated heterocycles. The van der Waals surface area contributed by atoms with E-state index in [2.05, 4.69) is 31.3 Å². The van der Waals surface area contributed by atoms with Crippen molar-refractivity contribution in [2.45, 2.75) is 161 Å². The quantitative estimate of drug-likeness (QED) is 0.0642. The second kappa shape index (κ2) is 27.2. The Morgan fingerprint density at radius 3 is 1.76 bits per heavy atom. The summed E-state index contributed by atoms with van der Waals surface area (Å²) in [6.07, 6.45) is 27.7. The smallest absolute Gasteiger partial charge is 0.322 e. The van der Waals surface area contributed by atoms with Crippen LogP contribution in [-0.2, 0) is 19.1 Å². The van der Waals surface area contributed by atoms with Crippen LogP contribution in [-0.4, -0.2) is 35.6 Å². The van der Waals surface area contributed by atoms with Crippen molar-refractivity contribution in [2.75, 3.05) is 6.54 Å². The van der Waals surface area contributed by atoms with Gasteiger partial charge < -0.3 is 15.2 Å². The Kier molecular flexibility index (Phi) is 25.8. The Morgan fingerprint density at radius 2 is 1.16 bits per heavy atom. The van der Waals surface area contributed by atoms with Gasteiger partial charge in [-0.25, -0.2) is 0 Å². The van der Waals surface area contributed by atoms with E-state index in [9.17, 15) is 14.4 Å². The number of amides is 1. The van der Waals surface area contributed by atoms with Crippen molar-refractivity contribution in [1.82, 2.24) is 5.32 Å². The largest absolute Gasteiger partial charge is 0.480 e. The van der Waals surface area contributed by atoms with Crippen LogP contribution >= 0.6 is 0 Å². The van der Waals surface area contributed by atoms with Crippen LogP contribution in [0.1, 0.15) is 155 Å². The third-order valence-electron chi connectivity index (χ3n) is 6.69. The van der Waals surface area contributed by atoms with E-state index in [1.165, 1.54) is 77.0 Å². The van der Waals surface area contributed by atoms with Crippen LogP contribution in [0.5, 0.6) is 0 Å². The predicted octanol–water partition coefficient (Wildman–Crippen LogP) is 8.28. The molecule has 1 atom stereocenters. The molecule has 0 bridgehead atoms. The molecule has 0 aromatic heterocycles. The molecule has 0 aromatic carbocycles. The molecular weight excluding hydrogens is 466 g/mol. The molecule has 37 heavy (non-hydrogen) atoms. The highest BCUT2D eigenvalue weighted by molar-refractivity contribution is 5.80. The molecule has 6 nitrogen and oxygen atoms in total. The summed E-state index contributed by atoms with van der Waals surface area (Å²) in [7, 11) is 0. The van der Waals surface area contributed by atoms with E-state index in [-0.39, 0.29) is 24.5 Å². The fraction of sp³-hybridized carbons (Fsp3) is 0.839. The number of carbonyl (C=O) groups is 3. The fourth-order valence-electron chi connectivity index (χ4n) is 4.39. The lowest BCUT2D eigenvalue weighted by molar-refractivity contribution is -0.150. The number of hydrogen-bond donors (Lipinski definition) is 2. The summed E-state index contributed by atoms with van der Waals surface area (Å²) in [4.78, 5) is 34.5. The maximum Gasteiger partial charge on any atom is 0.322 e. The molecule has 0 saturated carbocycles. The predicted molar refractivity (Wildman–Crippen MR) is 153 cm³/mol. The molecule has 0 fully saturated rings. The highest BCUT2D eigenvalue weighted by atomic mass is 16.5. The maximum atomic E-state index is 12.4. The number of allylic oxidation sites excluding steroid dienone is 2. The van der Waals surface area contributed by atoms with Gasteiger partial charge in [0.2, 0.25) is 5.91 Å². The van der Waals surface area contributed by atoms with Crippen molar-refractivity contribution >= 4 is 17.8 Å². The van der Waals surface area contributed by atoms with Gasteiger partial charge in [-0.15, -0.1) is 0 Å². The van der Waals surface area contributed by atoms with Gasteiger partial charge in [-0.3, -0.25) is 14.4 Å². The SMILES string of the molecule is CCCCCC/C=C\CCCCCCCC(=O)OC(CCCCCC)CCCCCC(=O)NCC(=O)O. The van der Waals surface area contributed by atoms with E-state index < -0.39 is 5.97 Å². The van der Waals surface area contributed by atoms with Gasteiger partial charge in [0.1, 0.15) is 12.6 Å². The number of carbonyl (C=O) groups excluding carboxylic acids is 2. The third-order valence-corrected chi connectivity index (χ3v) is 6.69.